The van der Waals surface area contributed by atoms with Gasteiger partial charge in [0.25, 0.3) is 0 Å². The van der Waals surface area contributed by atoms with Crippen LogP contribution in [0.5, 0.6) is 0 Å². The van der Waals surface area contributed by atoms with Gasteiger partial charge in [0.2, 0.25) is 0 Å². The molecule has 0 radical (unpaired) electrons. The van der Waals surface area contributed by atoms with E-state index in [2.05, 4.69) is 76.7 Å². The maximum absolute atomic E-state index is 4.87. The molecular formula is C30H40N6. The zero-order valence-corrected chi connectivity index (χ0v) is 21.8. The van der Waals surface area contributed by atoms with E-state index >= 15 is 0 Å². The van der Waals surface area contributed by atoms with Crippen LogP contribution in [0.25, 0.3) is 21.9 Å². The van der Waals surface area contributed by atoms with E-state index in [0.29, 0.717) is 0 Å². The van der Waals surface area contributed by atoms with Gasteiger partial charge in [-0.2, -0.15) is 0 Å². The molecule has 0 spiro atoms. The van der Waals surface area contributed by atoms with Gasteiger partial charge >= 0.3 is 0 Å². The summed E-state index contributed by atoms with van der Waals surface area (Å²) in [5.74, 6) is 4.81. The second-order valence-electron chi connectivity index (χ2n) is 10.7. The fourth-order valence-electron chi connectivity index (χ4n) is 5.64. The van der Waals surface area contributed by atoms with E-state index in [1.807, 2.05) is 6.07 Å². The normalized spacial score (nSPS) is 18.2. The van der Waals surface area contributed by atoms with Gasteiger partial charge in [0.05, 0.1) is 16.6 Å². The van der Waals surface area contributed by atoms with Crippen LogP contribution in [0.15, 0.2) is 48.5 Å². The molecule has 0 atom stereocenters. The number of fused-ring (bicyclic) bond motifs is 2. The van der Waals surface area contributed by atoms with Gasteiger partial charge < -0.3 is 15.2 Å². The molecule has 5 rings (SSSR count). The number of hydrogen-bond donors (Lipinski definition) is 2. The van der Waals surface area contributed by atoms with E-state index < -0.39 is 0 Å². The SMILES string of the molecule is CN(C)c1nc(CCCC2CCC(CNCCCc3nc4ccccc4[nH]3)CC2)nc2ccccc12. The highest BCUT2D eigenvalue weighted by molar-refractivity contribution is 5.89. The monoisotopic (exact) mass is 484 g/mol. The van der Waals surface area contributed by atoms with Crippen molar-refractivity contribution in [3.05, 3.63) is 60.2 Å². The highest BCUT2D eigenvalue weighted by Crippen LogP contribution is 2.32. The van der Waals surface area contributed by atoms with Crippen LogP contribution in [0.1, 0.15) is 56.6 Å². The molecule has 1 aliphatic carbocycles. The summed E-state index contributed by atoms with van der Waals surface area (Å²) in [5, 5.41) is 4.84. The summed E-state index contributed by atoms with van der Waals surface area (Å²) in [5.41, 5.74) is 3.26. The minimum absolute atomic E-state index is 0.832. The number of aryl methyl sites for hydroxylation is 2. The van der Waals surface area contributed by atoms with Gasteiger partial charge in [-0.25, -0.2) is 15.0 Å². The van der Waals surface area contributed by atoms with Crippen LogP contribution >= 0.6 is 0 Å². The molecule has 1 fully saturated rings. The predicted octanol–water partition coefficient (Wildman–Crippen LogP) is 5.92. The Hall–Kier alpha value is -2.99. The minimum Gasteiger partial charge on any atom is -0.362 e. The molecule has 6 nitrogen and oxygen atoms in total. The summed E-state index contributed by atoms with van der Waals surface area (Å²) in [7, 11) is 4.12. The molecule has 2 N–H and O–H groups in total. The smallest absolute Gasteiger partial charge is 0.139 e. The van der Waals surface area contributed by atoms with Crippen molar-refractivity contribution in [2.75, 3.05) is 32.1 Å². The third kappa shape index (κ3) is 6.22. The molecular weight excluding hydrogens is 444 g/mol. The number of anilines is 1. The maximum atomic E-state index is 4.87. The Labute approximate surface area is 214 Å². The summed E-state index contributed by atoms with van der Waals surface area (Å²) in [6, 6.07) is 16.6. The average Bonchev–Trinajstić information content (AvgIpc) is 3.32. The molecule has 0 bridgehead atoms. The van der Waals surface area contributed by atoms with Crippen molar-refractivity contribution >= 4 is 27.8 Å². The van der Waals surface area contributed by atoms with E-state index in [9.17, 15) is 0 Å². The summed E-state index contributed by atoms with van der Waals surface area (Å²) >= 11 is 0. The number of nitrogens with zero attached hydrogens (tertiary/aromatic N) is 4. The molecule has 2 heterocycles. The molecule has 6 heteroatoms. The van der Waals surface area contributed by atoms with Crippen LogP contribution in [0, 0.1) is 11.8 Å². The zero-order chi connectivity index (χ0) is 24.7. The minimum atomic E-state index is 0.832. The predicted molar refractivity (Wildman–Crippen MR) is 150 cm³/mol. The average molecular weight is 485 g/mol. The lowest BCUT2D eigenvalue weighted by atomic mass is 9.80. The lowest BCUT2D eigenvalue weighted by Crippen LogP contribution is -2.27. The second kappa shape index (κ2) is 11.8. The summed E-state index contributed by atoms with van der Waals surface area (Å²) in [4.78, 5) is 19.9. The van der Waals surface area contributed by atoms with Crippen molar-refractivity contribution in [3.63, 3.8) is 0 Å². The number of benzene rings is 2. The number of H-pyrrole nitrogens is 1. The van der Waals surface area contributed by atoms with Crippen LogP contribution in [0.4, 0.5) is 5.82 Å². The van der Waals surface area contributed by atoms with Crippen LogP contribution in [-0.4, -0.2) is 47.1 Å². The Morgan fingerprint density at radius 1 is 0.833 bits per heavy atom. The van der Waals surface area contributed by atoms with Crippen LogP contribution in [0.3, 0.4) is 0 Å². The van der Waals surface area contributed by atoms with Gasteiger partial charge in [-0.1, -0.05) is 43.5 Å². The zero-order valence-electron chi connectivity index (χ0n) is 21.8. The molecule has 190 valence electrons. The fourth-order valence-corrected chi connectivity index (χ4v) is 5.64. The van der Waals surface area contributed by atoms with Crippen molar-refractivity contribution < 1.29 is 0 Å². The van der Waals surface area contributed by atoms with Crippen LogP contribution in [-0.2, 0) is 12.8 Å². The first kappa shape index (κ1) is 24.7. The Bertz CT molecular complexity index is 1220. The van der Waals surface area contributed by atoms with E-state index in [-0.39, 0.29) is 0 Å². The Morgan fingerprint density at radius 3 is 2.39 bits per heavy atom. The van der Waals surface area contributed by atoms with Gasteiger partial charge in [0, 0.05) is 32.3 Å². The highest BCUT2D eigenvalue weighted by atomic mass is 15.2. The van der Waals surface area contributed by atoms with Gasteiger partial charge in [-0.05, 0) is 74.9 Å². The number of aromatic nitrogens is 4. The summed E-state index contributed by atoms with van der Waals surface area (Å²) in [6.45, 7) is 2.22. The Morgan fingerprint density at radius 2 is 1.58 bits per heavy atom. The number of hydrogen-bond acceptors (Lipinski definition) is 5. The van der Waals surface area contributed by atoms with Crippen LogP contribution in [0.2, 0.25) is 0 Å². The second-order valence-corrected chi connectivity index (χ2v) is 10.7. The van der Waals surface area contributed by atoms with Gasteiger partial charge in [-0.15, -0.1) is 0 Å². The third-order valence-electron chi connectivity index (χ3n) is 7.67. The molecule has 4 aromatic rings. The van der Waals surface area contributed by atoms with Gasteiger partial charge in [-0.3, -0.25) is 0 Å². The first-order valence-electron chi connectivity index (χ1n) is 13.7. The summed E-state index contributed by atoms with van der Waals surface area (Å²) < 4.78 is 0. The molecule has 36 heavy (non-hydrogen) atoms. The summed E-state index contributed by atoms with van der Waals surface area (Å²) in [6.07, 6.45) is 11.0. The standard InChI is InChI=1S/C30H40N6/c1-36(2)30-24-10-3-4-11-25(24)32-29(35-30)14-7-9-22-16-18-23(19-17-22)21-31-20-8-15-28-33-26-12-5-6-13-27(26)34-28/h3-6,10-13,22-23,31H,7-9,14-21H2,1-2H3,(H,33,34). The van der Waals surface area contributed by atoms with Gasteiger partial charge in [0.1, 0.15) is 17.5 Å². The maximum Gasteiger partial charge on any atom is 0.139 e. The number of nitrogens with one attached hydrogen (secondary N) is 2. The number of imidazole rings is 1. The molecule has 0 saturated heterocycles. The molecule has 1 aliphatic rings. The van der Waals surface area contributed by atoms with E-state index in [4.69, 9.17) is 9.97 Å². The Balaban J connectivity index is 0.982. The van der Waals surface area contributed by atoms with E-state index in [1.165, 1.54) is 38.5 Å². The van der Waals surface area contributed by atoms with E-state index in [1.54, 1.807) is 0 Å². The first-order chi connectivity index (χ1) is 17.7. The number of rotatable bonds is 11. The molecule has 0 aliphatic heterocycles. The largest absolute Gasteiger partial charge is 0.362 e. The lowest BCUT2D eigenvalue weighted by molar-refractivity contribution is 0.254. The van der Waals surface area contributed by atoms with Crippen molar-refractivity contribution in [1.29, 1.82) is 0 Å². The van der Waals surface area contributed by atoms with Crippen LogP contribution < -0.4 is 10.2 Å². The fraction of sp³-hybridized carbons (Fsp3) is 0.500. The third-order valence-corrected chi connectivity index (χ3v) is 7.67. The van der Waals surface area contributed by atoms with Crippen molar-refractivity contribution in [3.8, 4) is 0 Å². The number of para-hydroxylation sites is 3. The molecule has 1 saturated carbocycles. The quantitative estimate of drug-likeness (QED) is 0.259. The molecule has 2 aromatic carbocycles. The number of aromatic amines is 1. The van der Waals surface area contributed by atoms with Crippen molar-refractivity contribution in [1.82, 2.24) is 25.3 Å². The molecule has 0 unspecified atom stereocenters. The lowest BCUT2D eigenvalue weighted by Gasteiger charge is -2.28. The van der Waals surface area contributed by atoms with Gasteiger partial charge in [0.15, 0.2) is 0 Å². The highest BCUT2D eigenvalue weighted by Gasteiger charge is 2.21. The topological polar surface area (TPSA) is 69.7 Å². The van der Waals surface area contributed by atoms with E-state index in [0.717, 1.165) is 83.6 Å². The molecule has 2 aromatic heterocycles. The first-order valence-corrected chi connectivity index (χ1v) is 13.7. The Kier molecular flexibility index (Phi) is 8.11. The van der Waals surface area contributed by atoms with Crippen molar-refractivity contribution in [2.24, 2.45) is 11.8 Å². The van der Waals surface area contributed by atoms with Crippen molar-refractivity contribution in [2.45, 2.75) is 57.8 Å². The molecule has 0 amide bonds.